The third-order valence-electron chi connectivity index (χ3n) is 3.77. The highest BCUT2D eigenvalue weighted by Crippen LogP contribution is 2.28. The Hall–Kier alpha value is -2.90. The fourth-order valence-corrected chi connectivity index (χ4v) is 2.32. The molecule has 0 aliphatic rings. The number of benzene rings is 1. The second kappa shape index (κ2) is 10.9. The van der Waals surface area contributed by atoms with E-state index in [1.165, 1.54) is 19.3 Å². The third-order valence-corrected chi connectivity index (χ3v) is 3.77. The molecule has 0 fully saturated rings. The highest BCUT2D eigenvalue weighted by atomic mass is 16.5. The molecule has 146 valence electrons. The number of aryl methyl sites for hydroxylation is 1. The summed E-state index contributed by atoms with van der Waals surface area (Å²) in [4.78, 5) is 14.0. The van der Waals surface area contributed by atoms with Gasteiger partial charge in [0.2, 0.25) is 5.95 Å². The van der Waals surface area contributed by atoms with Crippen LogP contribution in [0.5, 0.6) is 11.5 Å². The summed E-state index contributed by atoms with van der Waals surface area (Å²) in [5.74, 6) is 1.59. The standard InChI is InChI=1S/C19H27N5O3/c1-4-6-7-8-11-27-16-10-9-15(12-17(16)26-5-2)13-20-23-19-21-18(25)14(3)22-24-19/h9-10,12-13H,4-8,11H2,1-3H3,(H2,21,23,24,25)/b20-13+. The van der Waals surface area contributed by atoms with Crippen LogP contribution in [0.2, 0.25) is 0 Å². The molecule has 0 amide bonds. The van der Waals surface area contributed by atoms with Crippen LogP contribution in [-0.4, -0.2) is 34.6 Å². The summed E-state index contributed by atoms with van der Waals surface area (Å²) in [7, 11) is 0. The topological polar surface area (TPSA) is 101 Å². The van der Waals surface area contributed by atoms with Gasteiger partial charge in [0.15, 0.2) is 11.5 Å². The summed E-state index contributed by atoms with van der Waals surface area (Å²) in [5, 5.41) is 11.6. The van der Waals surface area contributed by atoms with Gasteiger partial charge >= 0.3 is 0 Å². The van der Waals surface area contributed by atoms with E-state index in [1.807, 2.05) is 25.1 Å². The summed E-state index contributed by atoms with van der Waals surface area (Å²) in [6.07, 6.45) is 6.23. The van der Waals surface area contributed by atoms with Crippen molar-refractivity contribution in [2.45, 2.75) is 46.5 Å². The first-order valence-electron chi connectivity index (χ1n) is 9.26. The average Bonchev–Trinajstić information content (AvgIpc) is 2.66. The van der Waals surface area contributed by atoms with Gasteiger partial charge in [0.25, 0.3) is 5.56 Å². The van der Waals surface area contributed by atoms with E-state index >= 15 is 0 Å². The molecule has 2 aromatic rings. The Labute approximate surface area is 159 Å². The Bertz CT molecular complexity index is 804. The number of H-pyrrole nitrogens is 1. The van der Waals surface area contributed by atoms with Crippen LogP contribution in [0, 0.1) is 6.92 Å². The smallest absolute Gasteiger partial charge is 0.274 e. The predicted octanol–water partition coefficient (Wildman–Crippen LogP) is 3.28. The number of aromatic nitrogens is 3. The Balaban J connectivity index is 1.98. The lowest BCUT2D eigenvalue weighted by Gasteiger charge is -2.12. The highest BCUT2D eigenvalue weighted by molar-refractivity contribution is 5.81. The van der Waals surface area contributed by atoms with E-state index in [2.05, 4.69) is 32.6 Å². The van der Waals surface area contributed by atoms with Crippen molar-refractivity contribution in [3.63, 3.8) is 0 Å². The van der Waals surface area contributed by atoms with Gasteiger partial charge < -0.3 is 9.47 Å². The molecule has 0 saturated carbocycles. The molecule has 0 saturated heterocycles. The van der Waals surface area contributed by atoms with Crippen molar-refractivity contribution in [2.75, 3.05) is 18.6 Å². The zero-order valence-corrected chi connectivity index (χ0v) is 16.1. The maximum absolute atomic E-state index is 11.5. The number of unbranched alkanes of at least 4 members (excludes halogenated alkanes) is 3. The van der Waals surface area contributed by atoms with E-state index < -0.39 is 0 Å². The van der Waals surface area contributed by atoms with Crippen molar-refractivity contribution >= 4 is 12.2 Å². The number of nitrogens with zero attached hydrogens (tertiary/aromatic N) is 3. The van der Waals surface area contributed by atoms with E-state index in [1.54, 1.807) is 13.1 Å². The first kappa shape index (κ1) is 20.4. The zero-order chi connectivity index (χ0) is 19.5. The van der Waals surface area contributed by atoms with Crippen LogP contribution >= 0.6 is 0 Å². The maximum atomic E-state index is 11.5. The Morgan fingerprint density at radius 2 is 2.00 bits per heavy atom. The Morgan fingerprint density at radius 1 is 1.15 bits per heavy atom. The highest BCUT2D eigenvalue weighted by Gasteiger charge is 2.06. The van der Waals surface area contributed by atoms with E-state index in [4.69, 9.17) is 9.47 Å². The van der Waals surface area contributed by atoms with Crippen LogP contribution in [0.1, 0.15) is 50.8 Å². The molecule has 1 aromatic carbocycles. The predicted molar refractivity (Wildman–Crippen MR) is 106 cm³/mol. The van der Waals surface area contributed by atoms with E-state index in [0.29, 0.717) is 24.7 Å². The van der Waals surface area contributed by atoms with E-state index in [9.17, 15) is 4.79 Å². The van der Waals surface area contributed by atoms with Crippen LogP contribution in [0.15, 0.2) is 28.1 Å². The van der Waals surface area contributed by atoms with Crippen molar-refractivity contribution in [1.29, 1.82) is 0 Å². The van der Waals surface area contributed by atoms with Gasteiger partial charge in [-0.1, -0.05) is 26.2 Å². The van der Waals surface area contributed by atoms with Gasteiger partial charge in [-0.3, -0.25) is 9.78 Å². The average molecular weight is 373 g/mol. The van der Waals surface area contributed by atoms with Crippen molar-refractivity contribution in [3.05, 3.63) is 39.8 Å². The molecule has 2 N–H and O–H groups in total. The van der Waals surface area contributed by atoms with Crippen molar-refractivity contribution in [3.8, 4) is 11.5 Å². The fourth-order valence-electron chi connectivity index (χ4n) is 2.32. The van der Waals surface area contributed by atoms with Crippen molar-refractivity contribution < 1.29 is 9.47 Å². The SMILES string of the molecule is CCCCCCOc1ccc(/C=N/Nc2nnc(C)c(=O)[nH]2)cc1OCC. The number of hydrazone groups is 1. The number of hydrogen-bond acceptors (Lipinski definition) is 7. The summed E-state index contributed by atoms with van der Waals surface area (Å²) in [6.45, 7) is 6.92. The summed E-state index contributed by atoms with van der Waals surface area (Å²) < 4.78 is 11.5. The third kappa shape index (κ3) is 6.73. The molecule has 27 heavy (non-hydrogen) atoms. The molecule has 2 rings (SSSR count). The molecule has 0 atom stereocenters. The molecular weight excluding hydrogens is 346 g/mol. The molecule has 0 unspecified atom stereocenters. The molecule has 8 nitrogen and oxygen atoms in total. The molecule has 1 aromatic heterocycles. The molecule has 0 radical (unpaired) electrons. The molecule has 0 bridgehead atoms. The quantitative estimate of drug-likeness (QED) is 0.356. The van der Waals surface area contributed by atoms with Crippen molar-refractivity contribution in [2.24, 2.45) is 5.10 Å². The van der Waals surface area contributed by atoms with Gasteiger partial charge in [-0.05, 0) is 44.0 Å². The first-order valence-corrected chi connectivity index (χ1v) is 9.26. The lowest BCUT2D eigenvalue weighted by molar-refractivity contribution is 0.270. The van der Waals surface area contributed by atoms with Gasteiger partial charge in [-0.2, -0.15) is 5.10 Å². The van der Waals surface area contributed by atoms with Crippen LogP contribution in [-0.2, 0) is 0 Å². The van der Waals surface area contributed by atoms with E-state index in [0.717, 1.165) is 17.7 Å². The van der Waals surface area contributed by atoms with Gasteiger partial charge in [-0.15, -0.1) is 10.2 Å². The molecular formula is C19H27N5O3. The number of aromatic amines is 1. The summed E-state index contributed by atoms with van der Waals surface area (Å²) >= 11 is 0. The molecule has 8 heteroatoms. The molecule has 1 heterocycles. The largest absolute Gasteiger partial charge is 0.490 e. The minimum atomic E-state index is -0.304. The summed E-state index contributed by atoms with van der Waals surface area (Å²) in [6, 6.07) is 5.62. The molecule has 0 aliphatic carbocycles. The maximum Gasteiger partial charge on any atom is 0.274 e. The molecule has 0 spiro atoms. The second-order valence-corrected chi connectivity index (χ2v) is 6.01. The van der Waals surface area contributed by atoms with Gasteiger partial charge in [-0.25, -0.2) is 5.43 Å². The van der Waals surface area contributed by atoms with Crippen LogP contribution in [0.4, 0.5) is 5.95 Å². The van der Waals surface area contributed by atoms with Gasteiger partial charge in [0.05, 0.1) is 19.4 Å². The monoisotopic (exact) mass is 373 g/mol. The van der Waals surface area contributed by atoms with Gasteiger partial charge in [0.1, 0.15) is 5.69 Å². The molecule has 0 aliphatic heterocycles. The normalized spacial score (nSPS) is 10.9. The number of anilines is 1. The lowest BCUT2D eigenvalue weighted by Crippen LogP contribution is -2.15. The van der Waals surface area contributed by atoms with Gasteiger partial charge in [0, 0.05) is 0 Å². The number of ether oxygens (including phenoxy) is 2. The van der Waals surface area contributed by atoms with Crippen LogP contribution in [0.25, 0.3) is 0 Å². The minimum Gasteiger partial charge on any atom is -0.490 e. The lowest BCUT2D eigenvalue weighted by atomic mass is 10.2. The second-order valence-electron chi connectivity index (χ2n) is 6.01. The summed E-state index contributed by atoms with van der Waals surface area (Å²) in [5.41, 5.74) is 3.47. The first-order chi connectivity index (χ1) is 13.1. The van der Waals surface area contributed by atoms with E-state index in [-0.39, 0.29) is 11.5 Å². The Kier molecular flexibility index (Phi) is 8.28. The minimum absolute atomic E-state index is 0.180. The number of hydrogen-bond donors (Lipinski definition) is 2. The fraction of sp³-hybridized carbons (Fsp3) is 0.474. The Morgan fingerprint density at radius 3 is 2.74 bits per heavy atom. The van der Waals surface area contributed by atoms with Crippen molar-refractivity contribution in [1.82, 2.24) is 15.2 Å². The number of nitrogens with one attached hydrogen (secondary N) is 2. The van der Waals surface area contributed by atoms with Crippen LogP contribution in [0.3, 0.4) is 0 Å². The zero-order valence-electron chi connectivity index (χ0n) is 16.1. The van der Waals surface area contributed by atoms with Crippen LogP contribution < -0.4 is 20.5 Å². The number of rotatable bonds is 11.